The SMILES string of the molecule is COC(=O)C12CN([C@@H](CCCCN3C(=O)OC3(C)C)C(=O)O)CC(C(=O)OC)(C1=O)[C@@H](c1ccccn1)N(C)[C@H]2c1ccccn1. The number of aromatic nitrogens is 2. The Morgan fingerprint density at radius 1 is 0.935 bits per heavy atom. The minimum Gasteiger partial charge on any atom is -0.480 e. The fourth-order valence-corrected chi connectivity index (χ4v) is 7.56. The van der Waals surface area contributed by atoms with Crippen molar-refractivity contribution in [3.05, 3.63) is 60.2 Å². The number of pyridine rings is 2. The summed E-state index contributed by atoms with van der Waals surface area (Å²) in [5.41, 5.74) is -4.13. The van der Waals surface area contributed by atoms with Gasteiger partial charge in [0.05, 0.1) is 37.7 Å². The maximum absolute atomic E-state index is 15.1. The number of hydrogen-bond acceptors (Lipinski definition) is 12. The first-order valence-corrected chi connectivity index (χ1v) is 15.1. The van der Waals surface area contributed by atoms with Gasteiger partial charge < -0.3 is 19.3 Å². The van der Waals surface area contributed by atoms with E-state index in [4.69, 9.17) is 14.2 Å². The zero-order valence-corrected chi connectivity index (χ0v) is 26.5. The standard InChI is InChI=1S/C32H39N5O9/c1-30(2)37(29(43)46-30)17-11-8-14-22(25(38)39)36-18-31(27(41)44-4)23(20-12-6-9-15-33-20)35(3)24(21-13-7-10-16-34-21)32(19-36,26(31)40)28(42)45-5/h6-7,9-10,12-13,15-16,22-24H,8,11,14,17-19H2,1-5H3,(H,38,39)/t22-,23-,24+,31?,32?/m0/s1. The molecule has 0 saturated carbocycles. The topological polar surface area (TPSA) is 169 Å². The van der Waals surface area contributed by atoms with Gasteiger partial charge in [0, 0.05) is 32.0 Å². The first kappa shape index (κ1) is 32.9. The molecule has 14 heteroatoms. The van der Waals surface area contributed by atoms with Gasteiger partial charge in [0.2, 0.25) is 0 Å². The van der Waals surface area contributed by atoms with Crippen LogP contribution in [0.4, 0.5) is 4.79 Å². The average molecular weight is 638 g/mol. The maximum Gasteiger partial charge on any atom is 0.414 e. The van der Waals surface area contributed by atoms with Crippen molar-refractivity contribution in [2.24, 2.45) is 10.8 Å². The molecule has 3 aliphatic heterocycles. The summed E-state index contributed by atoms with van der Waals surface area (Å²) in [7, 11) is 3.99. The molecule has 246 valence electrons. The van der Waals surface area contributed by atoms with Crippen LogP contribution >= 0.6 is 0 Å². The van der Waals surface area contributed by atoms with Crippen LogP contribution in [0.1, 0.15) is 56.6 Å². The van der Waals surface area contributed by atoms with E-state index in [1.54, 1.807) is 67.1 Å². The van der Waals surface area contributed by atoms with Crippen LogP contribution in [0.5, 0.6) is 0 Å². The molecule has 2 aromatic rings. The number of methoxy groups -OCH3 is 2. The third-order valence-electron chi connectivity index (χ3n) is 9.54. The number of nitrogens with zero attached hydrogens (tertiary/aromatic N) is 5. The molecule has 3 fully saturated rings. The number of carbonyl (C=O) groups is 5. The normalized spacial score (nSPS) is 28.1. The van der Waals surface area contributed by atoms with E-state index >= 15 is 4.79 Å². The van der Waals surface area contributed by atoms with E-state index in [0.717, 1.165) is 14.2 Å². The number of ketones is 1. The number of Topliss-reactive ketones (excluding diaryl/α,β-unsaturated/α-hetero) is 1. The molecule has 14 nitrogen and oxygen atoms in total. The third-order valence-corrected chi connectivity index (χ3v) is 9.54. The van der Waals surface area contributed by atoms with Gasteiger partial charge in [-0.05, 0) is 64.4 Å². The predicted octanol–water partition coefficient (Wildman–Crippen LogP) is 2.22. The van der Waals surface area contributed by atoms with E-state index in [1.165, 1.54) is 17.3 Å². The smallest absolute Gasteiger partial charge is 0.414 e. The van der Waals surface area contributed by atoms with Gasteiger partial charge in [0.1, 0.15) is 6.04 Å². The summed E-state index contributed by atoms with van der Waals surface area (Å²) in [4.78, 5) is 81.8. The number of carbonyl (C=O) groups excluding carboxylic acids is 4. The first-order valence-electron chi connectivity index (χ1n) is 15.1. The Bertz CT molecular complexity index is 1430. The molecule has 3 aliphatic rings. The Balaban J connectivity index is 1.63. The van der Waals surface area contributed by atoms with Crippen molar-refractivity contribution in [3.8, 4) is 0 Å². The largest absolute Gasteiger partial charge is 0.480 e. The second-order valence-electron chi connectivity index (χ2n) is 12.5. The average Bonchev–Trinajstić information content (AvgIpc) is 3.03. The van der Waals surface area contributed by atoms with Crippen LogP contribution < -0.4 is 0 Å². The number of amides is 1. The molecule has 0 spiro atoms. The molecular weight excluding hydrogens is 598 g/mol. The zero-order chi connectivity index (χ0) is 33.4. The van der Waals surface area contributed by atoms with Crippen molar-refractivity contribution >= 4 is 29.8 Å². The van der Waals surface area contributed by atoms with Crippen molar-refractivity contribution in [3.63, 3.8) is 0 Å². The number of likely N-dealkylation sites (tertiary alicyclic amines) is 2. The van der Waals surface area contributed by atoms with Crippen molar-refractivity contribution < 1.29 is 43.3 Å². The van der Waals surface area contributed by atoms with Crippen molar-refractivity contribution in [1.82, 2.24) is 24.7 Å². The third kappa shape index (κ3) is 5.09. The number of unbranched alkanes of at least 4 members (excludes halogenated alkanes) is 1. The van der Waals surface area contributed by atoms with Gasteiger partial charge in [-0.15, -0.1) is 0 Å². The van der Waals surface area contributed by atoms with Crippen LogP contribution in [0.2, 0.25) is 0 Å². The molecule has 0 aliphatic carbocycles. The number of esters is 2. The van der Waals surface area contributed by atoms with Gasteiger partial charge in [-0.25, -0.2) is 4.79 Å². The fraction of sp³-hybridized carbons (Fsp3) is 0.531. The number of piperidine rings is 2. The number of ether oxygens (including phenoxy) is 3. The summed E-state index contributed by atoms with van der Waals surface area (Å²) in [6.07, 6.45) is 3.62. The van der Waals surface area contributed by atoms with Crippen LogP contribution in [0.15, 0.2) is 48.8 Å². The molecular formula is C32H39N5O9. The van der Waals surface area contributed by atoms with Crippen LogP contribution in [-0.2, 0) is 33.4 Å². The van der Waals surface area contributed by atoms with Crippen molar-refractivity contribution in [1.29, 1.82) is 0 Å². The molecule has 2 bridgehead atoms. The number of rotatable bonds is 11. The van der Waals surface area contributed by atoms with Crippen LogP contribution in [0.25, 0.3) is 0 Å². The minimum atomic E-state index is -2.06. The van der Waals surface area contributed by atoms with E-state index in [0.29, 0.717) is 30.8 Å². The highest BCUT2D eigenvalue weighted by molar-refractivity contribution is 6.17. The Labute approximate surface area is 266 Å². The molecule has 1 amide bonds. The number of hydrogen-bond donors (Lipinski definition) is 1. The summed E-state index contributed by atoms with van der Waals surface area (Å²) >= 11 is 0. The van der Waals surface area contributed by atoms with Crippen molar-refractivity contribution in [2.75, 3.05) is 40.9 Å². The second-order valence-corrected chi connectivity index (χ2v) is 12.5. The monoisotopic (exact) mass is 637 g/mol. The Hall–Kier alpha value is -4.43. The molecule has 2 aromatic heterocycles. The maximum atomic E-state index is 15.1. The number of cyclic esters (lactones) is 1. The van der Waals surface area contributed by atoms with Gasteiger partial charge in [0.25, 0.3) is 0 Å². The highest BCUT2D eigenvalue weighted by Gasteiger charge is 2.75. The summed E-state index contributed by atoms with van der Waals surface area (Å²) in [5, 5.41) is 10.5. The van der Waals surface area contributed by atoms with E-state index in [9.17, 15) is 24.3 Å². The first-order chi connectivity index (χ1) is 21.9. The molecule has 5 atom stereocenters. The lowest BCUT2D eigenvalue weighted by Gasteiger charge is -2.61. The molecule has 2 unspecified atom stereocenters. The van der Waals surface area contributed by atoms with Gasteiger partial charge >= 0.3 is 24.0 Å². The fourth-order valence-electron chi connectivity index (χ4n) is 7.56. The lowest BCUT2D eigenvalue weighted by atomic mass is 9.54. The zero-order valence-electron chi connectivity index (χ0n) is 26.5. The lowest BCUT2D eigenvalue weighted by molar-refractivity contribution is -0.207. The highest BCUT2D eigenvalue weighted by atomic mass is 16.6. The number of aliphatic carboxylic acids is 1. The summed E-state index contributed by atoms with van der Waals surface area (Å²) in [5.74, 6) is -3.75. The van der Waals surface area contributed by atoms with Gasteiger partial charge in [-0.1, -0.05) is 12.1 Å². The van der Waals surface area contributed by atoms with Crippen LogP contribution in [0.3, 0.4) is 0 Å². The van der Waals surface area contributed by atoms with Crippen LogP contribution in [0, 0.1) is 10.8 Å². The van der Waals surface area contributed by atoms with E-state index < -0.39 is 64.5 Å². The van der Waals surface area contributed by atoms with Crippen molar-refractivity contribution in [2.45, 2.75) is 57.0 Å². The summed E-state index contributed by atoms with van der Waals surface area (Å²) in [6, 6.07) is 6.87. The Morgan fingerprint density at radius 2 is 1.46 bits per heavy atom. The van der Waals surface area contributed by atoms with Gasteiger partial charge in [-0.3, -0.25) is 43.8 Å². The van der Waals surface area contributed by atoms with E-state index in [-0.39, 0.29) is 19.5 Å². The molecule has 0 aromatic carbocycles. The number of carboxylic acid groups (broad SMARTS) is 1. The van der Waals surface area contributed by atoms with Gasteiger partial charge in [0.15, 0.2) is 22.3 Å². The number of carboxylic acids is 1. The van der Waals surface area contributed by atoms with E-state index in [2.05, 4.69) is 9.97 Å². The molecule has 0 radical (unpaired) electrons. The number of fused-ring (bicyclic) bond motifs is 2. The Morgan fingerprint density at radius 3 is 1.85 bits per heavy atom. The molecule has 46 heavy (non-hydrogen) atoms. The molecule has 5 rings (SSSR count). The van der Waals surface area contributed by atoms with Crippen LogP contribution in [-0.4, -0.2) is 112 Å². The predicted molar refractivity (Wildman–Crippen MR) is 160 cm³/mol. The summed E-state index contributed by atoms with van der Waals surface area (Å²) in [6.45, 7) is 3.20. The van der Waals surface area contributed by atoms with E-state index in [1.807, 2.05) is 0 Å². The minimum absolute atomic E-state index is 0.111. The van der Waals surface area contributed by atoms with Gasteiger partial charge in [-0.2, -0.15) is 0 Å². The molecule has 3 saturated heterocycles. The lowest BCUT2D eigenvalue weighted by Crippen LogP contribution is -2.76. The quantitative estimate of drug-likeness (QED) is 0.165. The Kier molecular flexibility index (Phi) is 8.88. The molecule has 1 N–H and O–H groups in total. The molecule has 5 heterocycles. The second kappa shape index (κ2) is 12.4. The summed E-state index contributed by atoms with van der Waals surface area (Å²) < 4.78 is 15.7. The highest BCUT2D eigenvalue weighted by Crippen LogP contribution is 2.60.